The maximum absolute atomic E-state index is 7.39. The number of para-hydroxylation sites is 3. The van der Waals surface area contributed by atoms with Crippen molar-refractivity contribution in [3.8, 4) is 23.0 Å². The fourth-order valence-corrected chi connectivity index (χ4v) is 2.47. The Kier molecular flexibility index (Phi) is 3.95. The molecule has 1 heterocycles. The molecule has 0 amide bonds. The molecule has 7 nitrogen and oxygen atoms in total. The Bertz CT molecular complexity index is 999. The van der Waals surface area contributed by atoms with Crippen LogP contribution in [-0.2, 0) is 0 Å². The van der Waals surface area contributed by atoms with Crippen LogP contribution in [0.2, 0.25) is 0 Å². The van der Waals surface area contributed by atoms with Crippen LogP contribution in [0.5, 0.6) is 23.0 Å². The van der Waals surface area contributed by atoms with Gasteiger partial charge < -0.3 is 15.2 Å². The number of nitrogens with two attached hydrogens (primary N) is 1. The normalized spacial score (nSPS) is 11.8. The van der Waals surface area contributed by atoms with Crippen molar-refractivity contribution in [1.29, 1.82) is 5.41 Å². The second-order valence-electron chi connectivity index (χ2n) is 5.56. The molecule has 26 heavy (non-hydrogen) atoms. The smallest absolute Gasteiger partial charge is 0.197 e. The van der Waals surface area contributed by atoms with Crippen LogP contribution >= 0.6 is 0 Å². The third kappa shape index (κ3) is 3.05. The van der Waals surface area contributed by atoms with Crippen molar-refractivity contribution in [1.82, 2.24) is 0 Å². The van der Waals surface area contributed by atoms with Crippen molar-refractivity contribution in [2.24, 2.45) is 16.1 Å². The zero-order valence-corrected chi connectivity index (χ0v) is 13.6. The van der Waals surface area contributed by atoms with Gasteiger partial charge in [0.1, 0.15) is 11.5 Å². The number of rotatable bonds is 4. The molecule has 0 aromatic heterocycles. The lowest BCUT2D eigenvalue weighted by Gasteiger charge is -2.20. The molecule has 7 heteroatoms. The van der Waals surface area contributed by atoms with Crippen LogP contribution in [0.4, 0.5) is 11.4 Å². The van der Waals surface area contributed by atoms with E-state index >= 15 is 0 Å². The van der Waals surface area contributed by atoms with Crippen molar-refractivity contribution in [3.05, 3.63) is 72.3 Å². The van der Waals surface area contributed by atoms with Gasteiger partial charge in [-0.2, -0.15) is 0 Å². The number of nitrogen functional groups attached to an aromatic ring is 1. The Labute approximate surface area is 149 Å². The third-order valence-electron chi connectivity index (χ3n) is 3.77. The van der Waals surface area contributed by atoms with Crippen LogP contribution in [0.3, 0.4) is 0 Å². The van der Waals surface area contributed by atoms with Gasteiger partial charge in [-0.05, 0) is 48.5 Å². The lowest BCUT2D eigenvalue weighted by molar-refractivity contribution is 0.360. The second kappa shape index (κ2) is 6.56. The minimum Gasteiger partial charge on any atom is -0.449 e. The number of benzene rings is 3. The van der Waals surface area contributed by atoms with Gasteiger partial charge in [0.2, 0.25) is 0 Å². The van der Waals surface area contributed by atoms with E-state index in [9.17, 15) is 0 Å². The first-order chi connectivity index (χ1) is 12.7. The number of hydrogen-bond donors (Lipinski definition) is 3. The molecular formula is C19H15N5O2. The molecular weight excluding hydrogens is 330 g/mol. The molecule has 0 bridgehead atoms. The van der Waals surface area contributed by atoms with Gasteiger partial charge in [0.05, 0.1) is 5.69 Å². The number of fused-ring (bicyclic) bond motifs is 2. The first-order valence-electron chi connectivity index (χ1n) is 7.90. The first kappa shape index (κ1) is 15.6. The Morgan fingerprint density at radius 2 is 1.54 bits per heavy atom. The molecule has 0 spiro atoms. The molecule has 0 atom stereocenters. The van der Waals surface area contributed by atoms with Gasteiger partial charge in [0.25, 0.3) is 0 Å². The summed E-state index contributed by atoms with van der Waals surface area (Å²) in [4.78, 5) is 0. The largest absolute Gasteiger partial charge is 0.449 e. The van der Waals surface area contributed by atoms with E-state index in [0.717, 1.165) is 5.69 Å². The summed E-state index contributed by atoms with van der Waals surface area (Å²) in [6.45, 7) is 0. The topological polar surface area (TPSA) is 105 Å². The lowest BCUT2D eigenvalue weighted by atomic mass is 10.2. The fraction of sp³-hybridized carbons (Fsp3) is 0. The highest BCUT2D eigenvalue weighted by Gasteiger charge is 2.21. The quantitative estimate of drug-likeness (QED) is 0.210. The summed E-state index contributed by atoms with van der Waals surface area (Å²) < 4.78 is 11.7. The lowest BCUT2D eigenvalue weighted by Crippen LogP contribution is -2.10. The molecule has 4 N–H and O–H groups in total. The molecule has 0 radical (unpaired) electrons. The molecule has 3 aromatic rings. The summed E-state index contributed by atoms with van der Waals surface area (Å²) in [6.07, 6.45) is 0. The van der Waals surface area contributed by atoms with Gasteiger partial charge in [-0.1, -0.05) is 23.4 Å². The summed E-state index contributed by atoms with van der Waals surface area (Å²) in [6, 6.07) is 19.9. The minimum atomic E-state index is 0.0199. The molecule has 0 saturated carbocycles. The molecule has 0 fully saturated rings. The fourth-order valence-electron chi connectivity index (χ4n) is 2.47. The average molecular weight is 345 g/mol. The van der Waals surface area contributed by atoms with Crippen molar-refractivity contribution < 1.29 is 9.47 Å². The Morgan fingerprint density at radius 1 is 0.846 bits per heavy atom. The van der Waals surface area contributed by atoms with Gasteiger partial charge in [0, 0.05) is 5.56 Å². The number of nitrogens with zero attached hydrogens (tertiary/aromatic N) is 2. The van der Waals surface area contributed by atoms with E-state index < -0.39 is 0 Å². The van der Waals surface area contributed by atoms with Crippen LogP contribution in [0.1, 0.15) is 5.56 Å². The number of nitrogens with one attached hydrogen (secondary N) is 2. The Morgan fingerprint density at radius 3 is 2.27 bits per heavy atom. The monoisotopic (exact) mass is 345 g/mol. The van der Waals surface area contributed by atoms with Gasteiger partial charge in [-0.25, -0.2) is 0 Å². The highest BCUT2D eigenvalue weighted by Crippen LogP contribution is 2.49. The first-order valence-corrected chi connectivity index (χ1v) is 7.90. The highest BCUT2D eigenvalue weighted by molar-refractivity contribution is 5.95. The van der Waals surface area contributed by atoms with E-state index in [1.807, 2.05) is 36.4 Å². The van der Waals surface area contributed by atoms with E-state index in [4.69, 9.17) is 20.6 Å². The standard InChI is InChI=1S/C19H15N5O2/c20-19(21)12-8-10-13(11-9-12)22-24-23-14-4-3-7-17-18(14)26-16-6-2-1-5-15(16)25-17/h1-11H,(H3,20,21)(H,22,23). The average Bonchev–Trinajstić information content (AvgIpc) is 2.67. The SMILES string of the molecule is N=C(N)c1ccc(NN=Nc2cccc3c2Oc2ccccc2O3)cc1. The van der Waals surface area contributed by atoms with Gasteiger partial charge in [-0.3, -0.25) is 10.8 Å². The maximum Gasteiger partial charge on any atom is 0.197 e. The van der Waals surface area contributed by atoms with Gasteiger partial charge in [-0.15, -0.1) is 5.11 Å². The summed E-state index contributed by atoms with van der Waals surface area (Å²) in [5, 5.41) is 15.6. The van der Waals surface area contributed by atoms with Crippen LogP contribution in [0, 0.1) is 5.41 Å². The van der Waals surface area contributed by atoms with E-state index in [1.54, 1.807) is 30.3 Å². The summed E-state index contributed by atoms with van der Waals surface area (Å²) in [5.74, 6) is 2.43. The van der Waals surface area contributed by atoms with E-state index in [2.05, 4.69) is 15.8 Å². The number of hydrogen-bond acceptors (Lipinski definition) is 5. The second-order valence-corrected chi connectivity index (χ2v) is 5.56. The van der Waals surface area contributed by atoms with Crippen LogP contribution in [0.15, 0.2) is 77.1 Å². The zero-order chi connectivity index (χ0) is 17.9. The van der Waals surface area contributed by atoms with E-state index in [-0.39, 0.29) is 5.84 Å². The van der Waals surface area contributed by atoms with Crippen molar-refractivity contribution >= 4 is 17.2 Å². The predicted molar refractivity (Wildman–Crippen MR) is 98.6 cm³/mol. The number of amidine groups is 1. The Hall–Kier alpha value is -3.87. The van der Waals surface area contributed by atoms with Crippen LogP contribution < -0.4 is 20.6 Å². The molecule has 1 aliphatic heterocycles. The Balaban J connectivity index is 1.53. The number of anilines is 1. The zero-order valence-electron chi connectivity index (χ0n) is 13.6. The summed E-state index contributed by atoms with van der Waals surface area (Å²) in [5.41, 5.74) is 10.2. The van der Waals surface area contributed by atoms with Gasteiger partial charge >= 0.3 is 0 Å². The minimum absolute atomic E-state index is 0.0199. The molecule has 3 aromatic carbocycles. The number of ether oxygens (including phenoxy) is 2. The highest BCUT2D eigenvalue weighted by atomic mass is 16.6. The molecule has 0 unspecified atom stereocenters. The van der Waals surface area contributed by atoms with E-state index in [1.165, 1.54) is 0 Å². The van der Waals surface area contributed by atoms with Crippen LogP contribution in [0.25, 0.3) is 0 Å². The molecule has 0 saturated heterocycles. The third-order valence-corrected chi connectivity index (χ3v) is 3.77. The maximum atomic E-state index is 7.39. The van der Waals surface area contributed by atoms with Gasteiger partial charge in [0.15, 0.2) is 23.0 Å². The molecule has 128 valence electrons. The van der Waals surface area contributed by atoms with E-state index in [0.29, 0.717) is 34.2 Å². The molecule has 1 aliphatic rings. The molecule has 4 rings (SSSR count). The van der Waals surface area contributed by atoms with Crippen molar-refractivity contribution in [2.75, 3.05) is 5.43 Å². The molecule has 0 aliphatic carbocycles. The summed E-state index contributed by atoms with van der Waals surface area (Å²) in [7, 11) is 0. The van der Waals surface area contributed by atoms with Crippen molar-refractivity contribution in [3.63, 3.8) is 0 Å². The van der Waals surface area contributed by atoms with Crippen molar-refractivity contribution in [2.45, 2.75) is 0 Å². The van der Waals surface area contributed by atoms with Crippen LogP contribution in [-0.4, -0.2) is 5.84 Å². The summed E-state index contributed by atoms with van der Waals surface area (Å²) >= 11 is 0. The predicted octanol–water partition coefficient (Wildman–Crippen LogP) is 4.98.